The number of rotatable bonds is 7. The summed E-state index contributed by atoms with van der Waals surface area (Å²) in [6, 6.07) is 8.09. The lowest BCUT2D eigenvalue weighted by Crippen LogP contribution is -2.40. The zero-order valence-corrected chi connectivity index (χ0v) is 25.6. The topological polar surface area (TPSA) is 101 Å². The first-order valence-corrected chi connectivity index (χ1v) is 14.5. The number of halogens is 2. The fourth-order valence-electron chi connectivity index (χ4n) is 4.28. The zero-order chi connectivity index (χ0) is 29.5. The molecule has 0 radical (unpaired) electrons. The summed E-state index contributed by atoms with van der Waals surface area (Å²) in [5, 5.41) is 10.7. The lowest BCUT2D eigenvalue weighted by Gasteiger charge is -2.24. The van der Waals surface area contributed by atoms with Gasteiger partial charge in [-0.25, -0.2) is 9.99 Å². The molecule has 1 amide bonds. The molecule has 4 rings (SSSR count). The Hall–Kier alpha value is -3.20. The number of imidazole rings is 1. The number of nitrogens with two attached hydrogens (primary N) is 1. The Bertz CT molecular complexity index is 1250. The fourth-order valence-corrected chi connectivity index (χ4v) is 4.81. The van der Waals surface area contributed by atoms with Gasteiger partial charge >= 0.3 is 0 Å². The molecule has 2 aromatic rings. The molecule has 216 valence electrons. The van der Waals surface area contributed by atoms with E-state index in [4.69, 9.17) is 29.0 Å². The van der Waals surface area contributed by atoms with Gasteiger partial charge in [0.05, 0.1) is 10.7 Å². The van der Waals surface area contributed by atoms with Crippen molar-refractivity contribution in [2.24, 2.45) is 16.2 Å². The molecule has 2 aliphatic rings. The molecule has 0 atom stereocenters. The summed E-state index contributed by atoms with van der Waals surface area (Å²) in [4.78, 5) is 14.5. The number of allylic oxidation sites excluding steroid dienone is 7. The van der Waals surface area contributed by atoms with Crippen LogP contribution in [0.5, 0.6) is 0 Å². The summed E-state index contributed by atoms with van der Waals surface area (Å²) in [6.07, 6.45) is 13.6. The second-order valence-electron chi connectivity index (χ2n) is 9.03. The predicted octanol–water partition coefficient (Wildman–Crippen LogP) is 7.84. The van der Waals surface area contributed by atoms with E-state index in [0.717, 1.165) is 65.5 Å². The summed E-state index contributed by atoms with van der Waals surface area (Å²) in [6.45, 7) is 12.1. The third kappa shape index (κ3) is 9.18. The van der Waals surface area contributed by atoms with Gasteiger partial charge in [-0.2, -0.15) is 0 Å². The minimum absolute atomic E-state index is 0.569. The van der Waals surface area contributed by atoms with E-state index in [2.05, 4.69) is 32.2 Å². The quantitative estimate of drug-likeness (QED) is 0.149. The standard InChI is InChI=1S/C22H23Cl2N5.C6H12N2O.C2H6/c1-4-14(2)21(27-28-25)16-8-10-18(11-9-16)29-15(3)13-26-22(29)19-7-5-6-17(23)12-20(19)24;9-6-7-8-4-2-1-3-5-8;1-2/h6-13H,4-5H2,1-3H3,(H2,25,27);6H,1-5H2,(H,7,9);1-2H3/b21-14+;;. The van der Waals surface area contributed by atoms with Crippen LogP contribution in [0.25, 0.3) is 17.0 Å². The van der Waals surface area contributed by atoms with Gasteiger partial charge in [-0.1, -0.05) is 79.9 Å². The Balaban J connectivity index is 0.000000428. The first-order valence-electron chi connectivity index (χ1n) is 13.7. The van der Waals surface area contributed by atoms with E-state index in [1.54, 1.807) is 6.08 Å². The van der Waals surface area contributed by atoms with Crippen molar-refractivity contribution in [3.63, 3.8) is 0 Å². The first-order chi connectivity index (χ1) is 19.4. The molecule has 1 aliphatic carbocycles. The maximum Gasteiger partial charge on any atom is 0.221 e. The van der Waals surface area contributed by atoms with Gasteiger partial charge in [0.2, 0.25) is 6.41 Å². The summed E-state index contributed by atoms with van der Waals surface area (Å²) in [5.41, 5.74) is 8.35. The number of nitrogens with zero attached hydrogens (tertiary/aromatic N) is 5. The third-order valence-corrected chi connectivity index (χ3v) is 6.99. The van der Waals surface area contributed by atoms with Crippen LogP contribution in [-0.4, -0.2) is 34.1 Å². The van der Waals surface area contributed by atoms with Crippen molar-refractivity contribution < 1.29 is 4.79 Å². The van der Waals surface area contributed by atoms with Gasteiger partial charge in [-0.15, -0.1) is 5.11 Å². The number of carbonyl (C=O) groups is 1. The third-order valence-electron chi connectivity index (χ3n) is 6.42. The van der Waals surface area contributed by atoms with Crippen LogP contribution in [0.2, 0.25) is 0 Å². The highest BCUT2D eigenvalue weighted by atomic mass is 35.5. The molecule has 0 unspecified atom stereocenters. The average Bonchev–Trinajstić information content (AvgIpc) is 3.27. The first kappa shape index (κ1) is 33.0. The van der Waals surface area contributed by atoms with E-state index in [-0.39, 0.29) is 0 Å². The van der Waals surface area contributed by atoms with Crippen molar-refractivity contribution in [3.8, 4) is 5.69 Å². The zero-order valence-electron chi connectivity index (χ0n) is 24.1. The number of amides is 1. The molecule has 1 aromatic heterocycles. The molecule has 1 aromatic carbocycles. The van der Waals surface area contributed by atoms with E-state index in [1.165, 1.54) is 19.3 Å². The number of hydrogen-bond donors (Lipinski definition) is 2. The number of carbonyl (C=O) groups excluding carboxylic acids is 1. The van der Waals surface area contributed by atoms with Crippen LogP contribution in [0.1, 0.15) is 76.9 Å². The smallest absolute Gasteiger partial charge is 0.221 e. The number of hydrogen-bond acceptors (Lipinski definition) is 5. The molecule has 0 saturated carbocycles. The highest BCUT2D eigenvalue weighted by molar-refractivity contribution is 6.39. The monoisotopic (exact) mass is 585 g/mol. The van der Waals surface area contributed by atoms with Crippen molar-refractivity contribution in [2.45, 2.75) is 66.7 Å². The molecular weight excluding hydrogens is 545 g/mol. The summed E-state index contributed by atoms with van der Waals surface area (Å²) < 4.78 is 2.07. The average molecular weight is 587 g/mol. The van der Waals surface area contributed by atoms with E-state index in [1.807, 2.05) is 75.3 Å². The van der Waals surface area contributed by atoms with Crippen molar-refractivity contribution in [3.05, 3.63) is 81.4 Å². The highest BCUT2D eigenvalue weighted by Gasteiger charge is 2.17. The number of aromatic nitrogens is 2. The van der Waals surface area contributed by atoms with E-state index in [9.17, 15) is 4.79 Å². The number of hydrazine groups is 1. The maximum atomic E-state index is 9.92. The molecule has 1 aliphatic heterocycles. The Morgan fingerprint density at radius 1 is 1.12 bits per heavy atom. The van der Waals surface area contributed by atoms with E-state index < -0.39 is 0 Å². The highest BCUT2D eigenvalue weighted by Crippen LogP contribution is 2.33. The van der Waals surface area contributed by atoms with Crippen molar-refractivity contribution >= 4 is 40.9 Å². The molecule has 3 N–H and O–H groups in total. The predicted molar refractivity (Wildman–Crippen MR) is 167 cm³/mol. The Kier molecular flexibility index (Phi) is 14.4. The van der Waals surface area contributed by atoms with Gasteiger partial charge in [-0.3, -0.25) is 14.8 Å². The number of piperidine rings is 1. The Labute approximate surface area is 248 Å². The fraction of sp³-hybridized carbons (Fsp3) is 0.400. The van der Waals surface area contributed by atoms with Crippen LogP contribution < -0.4 is 11.3 Å². The van der Waals surface area contributed by atoms with Crippen molar-refractivity contribution in [1.29, 1.82) is 0 Å². The Morgan fingerprint density at radius 2 is 1.80 bits per heavy atom. The largest absolute Gasteiger partial charge is 0.305 e. The van der Waals surface area contributed by atoms with Crippen molar-refractivity contribution in [2.75, 3.05) is 13.1 Å². The van der Waals surface area contributed by atoms with Gasteiger partial charge in [0, 0.05) is 46.8 Å². The van der Waals surface area contributed by atoms with Crippen molar-refractivity contribution in [1.82, 2.24) is 20.0 Å². The van der Waals surface area contributed by atoms with Crippen LogP contribution >= 0.6 is 23.2 Å². The van der Waals surface area contributed by atoms with E-state index in [0.29, 0.717) is 16.5 Å². The molecule has 40 heavy (non-hydrogen) atoms. The summed E-state index contributed by atoms with van der Waals surface area (Å²) >= 11 is 12.7. The van der Waals surface area contributed by atoms with Gasteiger partial charge < -0.3 is 5.84 Å². The van der Waals surface area contributed by atoms with E-state index >= 15 is 0 Å². The Morgan fingerprint density at radius 3 is 2.40 bits per heavy atom. The second kappa shape index (κ2) is 17.5. The van der Waals surface area contributed by atoms with Crippen LogP contribution in [0, 0.1) is 6.92 Å². The number of aryl methyl sites for hydroxylation is 1. The van der Waals surface area contributed by atoms with Gasteiger partial charge in [-0.05, 0) is 63.3 Å². The molecule has 0 bridgehead atoms. The lowest BCUT2D eigenvalue weighted by atomic mass is 10.1. The summed E-state index contributed by atoms with van der Waals surface area (Å²) in [5.74, 6) is 6.07. The normalized spacial score (nSPS) is 16.2. The number of nitrogens with one attached hydrogen (secondary N) is 1. The minimum Gasteiger partial charge on any atom is -0.305 e. The van der Waals surface area contributed by atoms with Crippen LogP contribution in [0.4, 0.5) is 0 Å². The minimum atomic E-state index is 0.569. The van der Waals surface area contributed by atoms with Gasteiger partial charge in [0.1, 0.15) is 5.82 Å². The molecule has 8 nitrogen and oxygen atoms in total. The molecular formula is C30H41Cl2N7O. The molecule has 1 fully saturated rings. The molecule has 0 spiro atoms. The van der Waals surface area contributed by atoms with Crippen LogP contribution in [0.15, 0.2) is 74.7 Å². The number of benzene rings is 1. The maximum absolute atomic E-state index is 9.92. The SMILES string of the molecule is CC.CC/C(C)=C(/N=NN)c1ccc(-n2c(C)cnc2C2=CCC=C(Cl)C=C2Cl)cc1.O=CNN1CCCCC1. The van der Waals surface area contributed by atoms with Gasteiger partial charge in [0.15, 0.2) is 0 Å². The summed E-state index contributed by atoms with van der Waals surface area (Å²) in [7, 11) is 0. The van der Waals surface area contributed by atoms with Crippen LogP contribution in [-0.2, 0) is 4.79 Å². The second-order valence-corrected chi connectivity index (χ2v) is 9.88. The molecule has 10 heteroatoms. The molecule has 2 heterocycles. The molecule has 1 saturated heterocycles. The van der Waals surface area contributed by atoms with Crippen LogP contribution in [0.3, 0.4) is 0 Å². The lowest BCUT2D eigenvalue weighted by molar-refractivity contribution is -0.114. The van der Waals surface area contributed by atoms with Gasteiger partial charge in [0.25, 0.3) is 0 Å².